The minimum absolute atomic E-state index is 0.0129. The van der Waals surface area contributed by atoms with Gasteiger partial charge in [-0.2, -0.15) is 0 Å². The lowest BCUT2D eigenvalue weighted by Gasteiger charge is -2.30. The highest BCUT2D eigenvalue weighted by atomic mass is 127. The van der Waals surface area contributed by atoms with Crippen LogP contribution < -0.4 is 0 Å². The Kier molecular flexibility index (Phi) is 9.72. The molecule has 0 aliphatic rings. The van der Waals surface area contributed by atoms with Crippen molar-refractivity contribution in [2.75, 3.05) is 18.1 Å². The molecule has 0 aromatic heterocycles. The molecule has 0 aliphatic carbocycles. The lowest BCUT2D eigenvalue weighted by molar-refractivity contribution is -0.151. The Morgan fingerprint density at radius 3 is 2.34 bits per heavy atom. The summed E-state index contributed by atoms with van der Waals surface area (Å²) in [4.78, 5) is 13.3. The van der Waals surface area contributed by atoms with Crippen LogP contribution >= 0.6 is 22.6 Å². The molecule has 0 fully saturated rings. The fourth-order valence-electron chi connectivity index (χ4n) is 3.88. The van der Waals surface area contributed by atoms with Gasteiger partial charge in [-0.3, -0.25) is 4.79 Å². The maximum absolute atomic E-state index is 13.3. The molecule has 0 bridgehead atoms. The number of carbonyl (C=O) groups is 1. The van der Waals surface area contributed by atoms with Gasteiger partial charge in [-0.05, 0) is 71.0 Å². The van der Waals surface area contributed by atoms with E-state index < -0.39 is 20.7 Å². The van der Waals surface area contributed by atoms with Crippen molar-refractivity contribution in [3.8, 4) is 0 Å². The number of sulfone groups is 1. The second-order valence-corrected chi connectivity index (χ2v) is 12.7. The van der Waals surface area contributed by atoms with Crippen LogP contribution in [0.5, 0.6) is 0 Å². The first-order valence-corrected chi connectivity index (χ1v) is 13.7. The van der Waals surface area contributed by atoms with E-state index >= 15 is 0 Å². The van der Waals surface area contributed by atoms with Crippen LogP contribution in [0.25, 0.3) is 0 Å². The van der Waals surface area contributed by atoms with Gasteiger partial charge in [0, 0.05) is 3.57 Å². The summed E-state index contributed by atoms with van der Waals surface area (Å²) in [6.45, 7) is 5.58. The molecule has 2 aromatic rings. The van der Waals surface area contributed by atoms with Crippen molar-refractivity contribution in [1.29, 1.82) is 0 Å². The standard InChI is InChI=1S/C25H33IO5S/c1-24(2,19-32(29,30)16-15-27)13-8-14-25(3,21-11-7-12-22(26)17-21)23(28)31-18-20-9-5-4-6-10-20/h4-7,9-12,17,27H,8,13-16,18-19H2,1-3H3/t25-/m1/s1. The van der Waals surface area contributed by atoms with Crippen molar-refractivity contribution in [2.45, 2.75) is 52.1 Å². The van der Waals surface area contributed by atoms with E-state index in [-0.39, 0.29) is 30.7 Å². The van der Waals surface area contributed by atoms with E-state index in [1.54, 1.807) is 0 Å². The molecular weight excluding hydrogens is 539 g/mol. The predicted molar refractivity (Wildman–Crippen MR) is 136 cm³/mol. The zero-order valence-electron chi connectivity index (χ0n) is 19.0. The maximum atomic E-state index is 13.3. The number of esters is 1. The summed E-state index contributed by atoms with van der Waals surface area (Å²) in [5.74, 6) is -0.490. The molecule has 5 nitrogen and oxygen atoms in total. The molecule has 0 aliphatic heterocycles. The highest BCUT2D eigenvalue weighted by molar-refractivity contribution is 14.1. The monoisotopic (exact) mass is 572 g/mol. The number of hydrogen-bond acceptors (Lipinski definition) is 5. The third kappa shape index (κ3) is 8.15. The van der Waals surface area contributed by atoms with Gasteiger partial charge in [0.25, 0.3) is 0 Å². The fraction of sp³-hybridized carbons (Fsp3) is 0.480. The Balaban J connectivity index is 2.14. The van der Waals surface area contributed by atoms with Gasteiger partial charge in [0.1, 0.15) is 6.61 Å². The number of benzene rings is 2. The number of aliphatic hydroxyl groups is 1. The molecule has 2 rings (SSSR count). The number of hydrogen-bond donors (Lipinski definition) is 1. The van der Waals surface area contributed by atoms with Gasteiger partial charge in [-0.15, -0.1) is 0 Å². The van der Waals surface area contributed by atoms with Gasteiger partial charge < -0.3 is 9.84 Å². The summed E-state index contributed by atoms with van der Waals surface area (Å²) < 4.78 is 31.1. The molecule has 0 saturated heterocycles. The minimum Gasteiger partial charge on any atom is -0.460 e. The Hall–Kier alpha value is -1.45. The van der Waals surface area contributed by atoms with Crippen LogP contribution in [-0.2, 0) is 31.4 Å². The second kappa shape index (κ2) is 11.6. The van der Waals surface area contributed by atoms with Crippen LogP contribution in [0.3, 0.4) is 0 Å². The maximum Gasteiger partial charge on any atom is 0.316 e. The van der Waals surface area contributed by atoms with Gasteiger partial charge in [-0.1, -0.05) is 62.7 Å². The van der Waals surface area contributed by atoms with Crippen molar-refractivity contribution in [3.63, 3.8) is 0 Å². The highest BCUT2D eigenvalue weighted by Crippen LogP contribution is 2.35. The molecule has 1 atom stereocenters. The highest BCUT2D eigenvalue weighted by Gasteiger charge is 2.37. The Labute approximate surface area is 205 Å². The molecule has 7 heteroatoms. The Morgan fingerprint density at radius 1 is 1.03 bits per heavy atom. The average Bonchev–Trinajstić information content (AvgIpc) is 2.71. The van der Waals surface area contributed by atoms with Crippen molar-refractivity contribution >= 4 is 38.4 Å². The molecule has 0 unspecified atom stereocenters. The smallest absolute Gasteiger partial charge is 0.316 e. The number of aliphatic hydroxyl groups excluding tert-OH is 1. The Bertz CT molecular complexity index is 988. The van der Waals surface area contributed by atoms with Crippen LogP contribution in [0.1, 0.15) is 51.2 Å². The van der Waals surface area contributed by atoms with Crippen LogP contribution in [0.4, 0.5) is 0 Å². The summed E-state index contributed by atoms with van der Waals surface area (Å²) in [6.07, 6.45) is 1.86. The van der Waals surface area contributed by atoms with E-state index in [4.69, 9.17) is 9.84 Å². The zero-order valence-corrected chi connectivity index (χ0v) is 22.0. The largest absolute Gasteiger partial charge is 0.460 e. The van der Waals surface area contributed by atoms with Crippen LogP contribution in [0.2, 0.25) is 0 Å². The van der Waals surface area contributed by atoms with Gasteiger partial charge in [-0.25, -0.2) is 8.42 Å². The number of ether oxygens (including phenoxy) is 1. The lowest BCUT2D eigenvalue weighted by Crippen LogP contribution is -2.35. The van der Waals surface area contributed by atoms with Gasteiger partial charge in [0.2, 0.25) is 0 Å². The van der Waals surface area contributed by atoms with E-state index in [0.717, 1.165) is 14.7 Å². The molecule has 1 N–H and O–H groups in total. The fourth-order valence-corrected chi connectivity index (χ4v) is 6.18. The van der Waals surface area contributed by atoms with Crippen molar-refractivity contribution in [2.24, 2.45) is 5.41 Å². The van der Waals surface area contributed by atoms with E-state index in [1.807, 2.05) is 75.4 Å². The summed E-state index contributed by atoms with van der Waals surface area (Å²) in [5, 5.41) is 8.99. The SMILES string of the molecule is CC(C)(CCC[C@@](C)(C(=O)OCc1ccccc1)c1cccc(I)c1)CS(=O)(=O)CCO. The summed E-state index contributed by atoms with van der Waals surface area (Å²) in [5.41, 5.74) is 0.540. The van der Waals surface area contributed by atoms with E-state index in [2.05, 4.69) is 22.6 Å². The third-order valence-corrected chi connectivity index (χ3v) is 8.37. The third-order valence-electron chi connectivity index (χ3n) is 5.67. The predicted octanol–water partition coefficient (Wildman–Crippen LogP) is 4.90. The summed E-state index contributed by atoms with van der Waals surface area (Å²) in [7, 11) is -3.31. The van der Waals surface area contributed by atoms with Crippen LogP contribution in [0.15, 0.2) is 54.6 Å². The van der Waals surface area contributed by atoms with Crippen molar-refractivity contribution in [3.05, 3.63) is 69.3 Å². The number of carbonyl (C=O) groups excluding carboxylic acids is 1. The zero-order chi connectivity index (χ0) is 23.8. The minimum atomic E-state index is -3.31. The van der Waals surface area contributed by atoms with Gasteiger partial charge in [0.05, 0.1) is 23.5 Å². The van der Waals surface area contributed by atoms with Crippen molar-refractivity contribution in [1.82, 2.24) is 0 Å². The number of halogens is 1. The lowest BCUT2D eigenvalue weighted by atomic mass is 9.76. The normalized spacial score (nSPS) is 14.0. The van der Waals surface area contributed by atoms with E-state index in [9.17, 15) is 13.2 Å². The Morgan fingerprint density at radius 2 is 1.72 bits per heavy atom. The molecule has 0 heterocycles. The first-order chi connectivity index (χ1) is 15.0. The number of rotatable bonds is 12. The van der Waals surface area contributed by atoms with E-state index in [1.165, 1.54) is 0 Å². The summed E-state index contributed by atoms with van der Waals surface area (Å²) in [6, 6.07) is 17.5. The first-order valence-electron chi connectivity index (χ1n) is 10.8. The second-order valence-electron chi connectivity index (χ2n) is 9.24. The van der Waals surface area contributed by atoms with E-state index in [0.29, 0.717) is 19.3 Å². The molecule has 32 heavy (non-hydrogen) atoms. The van der Waals surface area contributed by atoms with Crippen LogP contribution in [0, 0.1) is 8.99 Å². The quantitative estimate of drug-likeness (QED) is 0.289. The molecule has 176 valence electrons. The average molecular weight is 573 g/mol. The first kappa shape index (κ1) is 26.8. The summed E-state index contributed by atoms with van der Waals surface area (Å²) >= 11 is 2.23. The molecule has 0 saturated carbocycles. The molecule has 0 amide bonds. The van der Waals surface area contributed by atoms with Crippen LogP contribution in [-0.4, -0.2) is 37.6 Å². The molecule has 2 aromatic carbocycles. The van der Waals surface area contributed by atoms with Crippen molar-refractivity contribution < 1.29 is 23.1 Å². The van der Waals surface area contributed by atoms with Gasteiger partial charge in [0.15, 0.2) is 9.84 Å². The van der Waals surface area contributed by atoms with Gasteiger partial charge >= 0.3 is 5.97 Å². The molecule has 0 radical (unpaired) electrons. The molecule has 0 spiro atoms. The topological polar surface area (TPSA) is 80.7 Å². The molecular formula is C25H33IO5S.